The first kappa shape index (κ1) is 11.2. The minimum atomic E-state index is -0.208. The molecular formula is C8H10N2O2S2. The molecule has 0 bridgehead atoms. The second-order valence-corrected chi connectivity index (χ2v) is 4.04. The zero-order valence-corrected chi connectivity index (χ0v) is 9.14. The molecule has 0 amide bonds. The molecule has 1 heterocycles. The van der Waals surface area contributed by atoms with Crippen molar-refractivity contribution in [3.63, 3.8) is 0 Å². The van der Waals surface area contributed by atoms with Crippen LogP contribution in [0.25, 0.3) is 0 Å². The van der Waals surface area contributed by atoms with Gasteiger partial charge in [0.1, 0.15) is 11.6 Å². The van der Waals surface area contributed by atoms with Gasteiger partial charge in [-0.15, -0.1) is 16.9 Å². The number of hydrogen-bond donors (Lipinski definition) is 0. The molecule has 0 saturated carbocycles. The maximum absolute atomic E-state index is 11.0. The van der Waals surface area contributed by atoms with E-state index in [2.05, 4.69) is 16.2 Å². The third-order valence-electron chi connectivity index (χ3n) is 1.26. The van der Waals surface area contributed by atoms with E-state index in [0.29, 0.717) is 12.2 Å². The van der Waals surface area contributed by atoms with E-state index in [1.807, 2.05) is 5.38 Å². The summed E-state index contributed by atoms with van der Waals surface area (Å²) >= 11 is 2.80. The van der Waals surface area contributed by atoms with Crippen molar-refractivity contribution in [2.45, 2.75) is 11.4 Å². The number of hydrogen-bond acceptors (Lipinski definition) is 6. The molecule has 0 aromatic carbocycles. The summed E-state index contributed by atoms with van der Waals surface area (Å²) in [7, 11) is 0. The highest BCUT2D eigenvalue weighted by Gasteiger charge is 2.03. The van der Waals surface area contributed by atoms with Crippen LogP contribution in [-0.2, 0) is 9.53 Å². The number of esters is 1. The summed E-state index contributed by atoms with van der Waals surface area (Å²) in [5, 5.41) is 6.54. The van der Waals surface area contributed by atoms with Crippen molar-refractivity contribution < 1.29 is 9.53 Å². The second-order valence-electron chi connectivity index (χ2n) is 2.31. The molecule has 1 aromatic rings. The Balaban J connectivity index is 2.09. The molecule has 0 atom stereocenters. The van der Waals surface area contributed by atoms with E-state index in [9.17, 15) is 4.79 Å². The molecule has 0 spiro atoms. The molecule has 0 radical (unpaired) electrons. The Labute approximate surface area is 90.5 Å². The summed E-state index contributed by atoms with van der Waals surface area (Å²) < 4.78 is 8.52. The SMILES string of the molecule is C=CCOC(=O)CCSc1csnn1. The summed E-state index contributed by atoms with van der Waals surface area (Å²) in [5.74, 6) is 0.460. The van der Waals surface area contributed by atoms with E-state index in [0.717, 1.165) is 5.03 Å². The molecule has 1 aromatic heterocycles. The van der Waals surface area contributed by atoms with Crippen LogP contribution < -0.4 is 0 Å². The highest BCUT2D eigenvalue weighted by molar-refractivity contribution is 7.99. The van der Waals surface area contributed by atoms with Gasteiger partial charge in [0.25, 0.3) is 0 Å². The van der Waals surface area contributed by atoms with Gasteiger partial charge < -0.3 is 4.74 Å². The summed E-state index contributed by atoms with van der Waals surface area (Å²) in [6.07, 6.45) is 1.94. The Morgan fingerprint density at radius 2 is 2.64 bits per heavy atom. The number of ether oxygens (including phenoxy) is 1. The molecule has 0 unspecified atom stereocenters. The Hall–Kier alpha value is -0.880. The van der Waals surface area contributed by atoms with E-state index in [4.69, 9.17) is 4.74 Å². The van der Waals surface area contributed by atoms with Crippen LogP contribution >= 0.6 is 23.3 Å². The van der Waals surface area contributed by atoms with Crippen molar-refractivity contribution in [1.82, 2.24) is 9.59 Å². The van der Waals surface area contributed by atoms with Gasteiger partial charge in [0.05, 0.1) is 6.42 Å². The fourth-order valence-corrected chi connectivity index (χ4v) is 2.03. The van der Waals surface area contributed by atoms with Gasteiger partial charge in [0.2, 0.25) is 0 Å². The Kier molecular flexibility index (Phi) is 5.24. The molecule has 4 nitrogen and oxygen atoms in total. The van der Waals surface area contributed by atoms with Gasteiger partial charge in [-0.05, 0) is 11.5 Å². The second kappa shape index (κ2) is 6.56. The van der Waals surface area contributed by atoms with Crippen LogP contribution in [0.2, 0.25) is 0 Å². The van der Waals surface area contributed by atoms with Gasteiger partial charge in [-0.3, -0.25) is 4.79 Å². The Morgan fingerprint density at radius 1 is 1.79 bits per heavy atom. The molecule has 0 saturated heterocycles. The first-order valence-corrected chi connectivity index (χ1v) is 5.81. The predicted octanol–water partition coefficient (Wildman–Crippen LogP) is 1.75. The van der Waals surface area contributed by atoms with Gasteiger partial charge >= 0.3 is 5.97 Å². The standard InChI is InChI=1S/C8H10N2O2S2/c1-2-4-12-8(11)3-5-13-7-6-14-10-9-7/h2,6H,1,3-5H2. The van der Waals surface area contributed by atoms with E-state index in [1.54, 1.807) is 6.08 Å². The zero-order valence-electron chi connectivity index (χ0n) is 7.51. The molecule has 0 aliphatic carbocycles. The average molecular weight is 230 g/mol. The maximum atomic E-state index is 11.0. The smallest absolute Gasteiger partial charge is 0.306 e. The highest BCUT2D eigenvalue weighted by Crippen LogP contribution is 2.16. The topological polar surface area (TPSA) is 52.1 Å². The van der Waals surface area contributed by atoms with E-state index >= 15 is 0 Å². The summed E-state index contributed by atoms with van der Waals surface area (Å²) in [5.41, 5.74) is 0. The van der Waals surface area contributed by atoms with Crippen LogP contribution in [0.5, 0.6) is 0 Å². The van der Waals surface area contributed by atoms with E-state index in [1.165, 1.54) is 23.3 Å². The lowest BCUT2D eigenvalue weighted by atomic mass is 10.5. The van der Waals surface area contributed by atoms with Crippen molar-refractivity contribution in [2.24, 2.45) is 0 Å². The third kappa shape index (κ3) is 4.38. The number of carbonyl (C=O) groups is 1. The van der Waals surface area contributed by atoms with E-state index in [-0.39, 0.29) is 12.6 Å². The number of thioether (sulfide) groups is 1. The molecule has 0 aliphatic rings. The zero-order chi connectivity index (χ0) is 10.2. The lowest BCUT2D eigenvalue weighted by Crippen LogP contribution is -2.05. The van der Waals surface area contributed by atoms with Crippen LogP contribution in [0.1, 0.15) is 6.42 Å². The Morgan fingerprint density at radius 3 is 3.29 bits per heavy atom. The first-order chi connectivity index (χ1) is 6.83. The van der Waals surface area contributed by atoms with E-state index < -0.39 is 0 Å². The maximum Gasteiger partial charge on any atom is 0.306 e. The molecule has 0 fully saturated rings. The summed E-state index contributed by atoms with van der Waals surface area (Å²) in [4.78, 5) is 11.0. The van der Waals surface area contributed by atoms with Crippen LogP contribution in [0.15, 0.2) is 23.1 Å². The van der Waals surface area contributed by atoms with Crippen molar-refractivity contribution in [2.75, 3.05) is 12.4 Å². The van der Waals surface area contributed by atoms with Gasteiger partial charge in [0, 0.05) is 11.1 Å². The number of rotatable bonds is 6. The van der Waals surface area contributed by atoms with Crippen LogP contribution in [0.3, 0.4) is 0 Å². The normalized spacial score (nSPS) is 9.71. The average Bonchev–Trinajstić information content (AvgIpc) is 2.67. The molecule has 6 heteroatoms. The summed E-state index contributed by atoms with van der Waals surface area (Å²) in [6.45, 7) is 3.73. The lowest BCUT2D eigenvalue weighted by molar-refractivity contribution is -0.141. The van der Waals surface area contributed by atoms with Crippen molar-refractivity contribution in [1.29, 1.82) is 0 Å². The molecule has 0 aliphatic heterocycles. The van der Waals surface area contributed by atoms with Crippen LogP contribution in [-0.4, -0.2) is 27.9 Å². The molecule has 0 N–H and O–H groups in total. The highest BCUT2D eigenvalue weighted by atomic mass is 32.2. The molecular weight excluding hydrogens is 220 g/mol. The van der Waals surface area contributed by atoms with Crippen molar-refractivity contribution in [3.05, 3.63) is 18.0 Å². The monoisotopic (exact) mass is 230 g/mol. The predicted molar refractivity (Wildman–Crippen MR) is 56.4 cm³/mol. The molecule has 76 valence electrons. The van der Waals surface area contributed by atoms with Gasteiger partial charge in [-0.25, -0.2) is 0 Å². The minimum Gasteiger partial charge on any atom is -0.461 e. The first-order valence-electron chi connectivity index (χ1n) is 3.99. The number of carbonyl (C=O) groups excluding carboxylic acids is 1. The largest absolute Gasteiger partial charge is 0.461 e. The van der Waals surface area contributed by atoms with Gasteiger partial charge in [0.15, 0.2) is 0 Å². The molecule has 1 rings (SSSR count). The lowest BCUT2D eigenvalue weighted by Gasteiger charge is -1.99. The fraction of sp³-hybridized carbons (Fsp3) is 0.375. The fourth-order valence-electron chi connectivity index (χ4n) is 0.682. The Bertz CT molecular complexity index is 288. The van der Waals surface area contributed by atoms with Crippen LogP contribution in [0.4, 0.5) is 0 Å². The minimum absolute atomic E-state index is 0.208. The van der Waals surface area contributed by atoms with Crippen molar-refractivity contribution >= 4 is 29.3 Å². The third-order valence-corrected chi connectivity index (χ3v) is 2.82. The van der Waals surface area contributed by atoms with Gasteiger partial charge in [-0.2, -0.15) is 0 Å². The molecule has 14 heavy (non-hydrogen) atoms. The quantitative estimate of drug-likeness (QED) is 0.423. The van der Waals surface area contributed by atoms with Gasteiger partial charge in [-0.1, -0.05) is 17.1 Å². The van der Waals surface area contributed by atoms with Crippen molar-refractivity contribution in [3.8, 4) is 0 Å². The number of aromatic nitrogens is 2. The number of nitrogens with zero attached hydrogens (tertiary/aromatic N) is 2. The van der Waals surface area contributed by atoms with Crippen LogP contribution in [0, 0.1) is 0 Å². The summed E-state index contributed by atoms with van der Waals surface area (Å²) in [6, 6.07) is 0.